The van der Waals surface area contributed by atoms with Crippen molar-refractivity contribution >= 4 is 222 Å². The molecule has 0 aliphatic carbocycles. The van der Waals surface area contributed by atoms with Gasteiger partial charge in [0.1, 0.15) is 0 Å². The molecule has 0 aliphatic heterocycles. The van der Waals surface area contributed by atoms with Crippen LogP contribution in [-0.4, -0.2) is 222 Å². The Morgan fingerprint density at radius 3 is 0.111 bits per heavy atom. The van der Waals surface area contributed by atoms with Crippen molar-refractivity contribution in [3.8, 4) is 0 Å². The molecule has 0 atom stereocenters. The Hall–Kier alpha value is 6.26. The smallest absolute Gasteiger partial charge is 2.00 e. The summed E-state index contributed by atoms with van der Waals surface area (Å²) >= 11 is 0. The van der Waals surface area contributed by atoms with Crippen molar-refractivity contribution in [3.63, 3.8) is 0 Å². The average molecular weight is 663 g/mol. The molecule has 0 aromatic rings. The summed E-state index contributed by atoms with van der Waals surface area (Å²) in [6, 6.07) is 0. The van der Waals surface area contributed by atoms with Crippen molar-refractivity contribution in [3.05, 3.63) is 0 Å². The van der Waals surface area contributed by atoms with Gasteiger partial charge in [0.05, 0.1) is 0 Å². The third-order valence-electron chi connectivity index (χ3n) is 0. The van der Waals surface area contributed by atoms with Crippen LogP contribution in [0.4, 0.5) is 0 Å². The second-order valence-corrected chi connectivity index (χ2v) is 0. The van der Waals surface area contributed by atoms with Gasteiger partial charge in [-0.3, -0.25) is 0 Å². The molecule has 0 rings (SSSR count). The van der Waals surface area contributed by atoms with Gasteiger partial charge in [-0.15, -0.1) is 0 Å². The van der Waals surface area contributed by atoms with Crippen molar-refractivity contribution in [2.75, 3.05) is 0 Å². The van der Waals surface area contributed by atoms with Crippen molar-refractivity contribution in [1.29, 1.82) is 0 Å². The predicted octanol–water partition coefficient (Wildman–Crippen LogP) is -6.09. The van der Waals surface area contributed by atoms with Gasteiger partial charge in [0.25, 0.3) is 0 Å². The molecule has 0 spiro atoms. The van der Waals surface area contributed by atoms with Gasteiger partial charge in [-0.05, 0) is 0 Å². The molecule has 27 heteroatoms. The molecule has 128 valence electrons. The molecule has 27 heavy (non-hydrogen) atoms. The van der Waals surface area contributed by atoms with E-state index in [4.69, 9.17) is 0 Å². The average Bonchev–Trinajstić information content (AvgIpc) is 0. The second kappa shape index (κ2) is 805. The molecule has 0 saturated carbocycles. The molecule has 0 aliphatic rings. The zero-order valence-electron chi connectivity index (χ0n) is 13.0. The summed E-state index contributed by atoms with van der Waals surface area (Å²) in [5, 5.41) is 0. The maximum absolute atomic E-state index is 0. The van der Waals surface area contributed by atoms with Crippen molar-refractivity contribution in [2.45, 2.75) is 0 Å². The topological polar surface area (TPSA) is 456 Å². The first-order valence-corrected chi connectivity index (χ1v) is 0. The van der Waals surface area contributed by atoms with E-state index in [1.807, 2.05) is 0 Å². The third-order valence-corrected chi connectivity index (χ3v) is 0. The minimum absolute atomic E-state index is 0. The summed E-state index contributed by atoms with van der Waals surface area (Å²) in [5.41, 5.74) is 0. The molecule has 0 aromatic heterocycles. The Morgan fingerprint density at radius 2 is 0.111 bits per heavy atom. The Morgan fingerprint density at radius 1 is 0.111 bits per heavy atom. The first-order chi connectivity index (χ1) is 0. The van der Waals surface area contributed by atoms with E-state index >= 15 is 0 Å². The summed E-state index contributed by atoms with van der Waals surface area (Å²) in [7, 11) is 0. The molecule has 0 bridgehead atoms. The van der Waals surface area contributed by atoms with Crippen LogP contribution in [0.15, 0.2) is 0 Å². The molecule has 0 radical (unpaired) electrons. The summed E-state index contributed by atoms with van der Waals surface area (Å²) in [6.07, 6.45) is 0. The molecule has 0 aromatic carbocycles. The molecular weight excluding hydrogens is 663 g/mol. The van der Waals surface area contributed by atoms with E-state index in [2.05, 4.69) is 0 Å². The van der Waals surface area contributed by atoms with Crippen LogP contribution in [0.2, 0.25) is 0 Å². The number of hydrogen-bond donors (Lipinski definition) is 0. The molecular formula is Al10BaO16. The standard InChI is InChI=1S/10Al.Ba.16O/q10*+3;+2;16*-2. The van der Waals surface area contributed by atoms with Crippen LogP contribution in [0.3, 0.4) is 0 Å². The summed E-state index contributed by atoms with van der Waals surface area (Å²) < 4.78 is 0. The normalized spacial score (nSPS) is 0. The summed E-state index contributed by atoms with van der Waals surface area (Å²) in [4.78, 5) is 0. The SMILES string of the molecule is [Al+3].[Al+3].[Al+3].[Al+3].[Al+3].[Al+3].[Al+3].[Al+3].[Al+3].[Al+3].[Ba+2].[O-2].[O-2].[O-2].[O-2].[O-2].[O-2].[O-2].[O-2].[O-2].[O-2].[O-2].[O-2].[O-2].[O-2].[O-2].[O-2]. The van der Waals surface area contributed by atoms with Gasteiger partial charge in [0.2, 0.25) is 0 Å². The minimum atomic E-state index is 0. The van der Waals surface area contributed by atoms with E-state index in [0.717, 1.165) is 0 Å². The van der Waals surface area contributed by atoms with Gasteiger partial charge < -0.3 is 87.6 Å². The molecule has 0 N–H and O–H groups in total. The van der Waals surface area contributed by atoms with Crippen LogP contribution in [0.1, 0.15) is 0 Å². The van der Waals surface area contributed by atoms with Crippen molar-refractivity contribution in [2.24, 2.45) is 0 Å². The van der Waals surface area contributed by atoms with Crippen LogP contribution in [-0.2, 0) is 87.6 Å². The maximum Gasteiger partial charge on any atom is 3.00 e. The molecule has 0 unspecified atom stereocenters. The molecule has 16 nitrogen and oxygen atoms in total. The van der Waals surface area contributed by atoms with Crippen molar-refractivity contribution in [1.82, 2.24) is 0 Å². The quantitative estimate of drug-likeness (QED) is 0.218. The number of rotatable bonds is 0. The first kappa shape index (κ1) is 884. The van der Waals surface area contributed by atoms with Gasteiger partial charge in [-0.25, -0.2) is 0 Å². The van der Waals surface area contributed by atoms with Crippen LogP contribution in [0, 0.1) is 0 Å². The van der Waals surface area contributed by atoms with Gasteiger partial charge in [0, 0.05) is 0 Å². The fourth-order valence-corrected chi connectivity index (χ4v) is 0. The maximum atomic E-state index is 0. The number of hydrogen-bond acceptors (Lipinski definition) is 0. The van der Waals surface area contributed by atoms with E-state index in [-0.39, 0.29) is 310 Å². The minimum Gasteiger partial charge on any atom is -2.00 e. The van der Waals surface area contributed by atoms with E-state index < -0.39 is 0 Å². The summed E-state index contributed by atoms with van der Waals surface area (Å²) in [6.45, 7) is 0. The van der Waals surface area contributed by atoms with Crippen LogP contribution >= 0.6 is 0 Å². The van der Waals surface area contributed by atoms with E-state index in [0.29, 0.717) is 0 Å². The van der Waals surface area contributed by atoms with Gasteiger partial charge in [-0.1, -0.05) is 0 Å². The van der Waals surface area contributed by atoms with E-state index in [1.165, 1.54) is 0 Å². The van der Waals surface area contributed by atoms with Crippen LogP contribution < -0.4 is 0 Å². The van der Waals surface area contributed by atoms with Crippen LogP contribution in [0.25, 0.3) is 0 Å². The monoisotopic (exact) mass is 664 g/mol. The first-order valence-electron chi connectivity index (χ1n) is 0. The Kier molecular flexibility index (Phi) is 26400. The van der Waals surface area contributed by atoms with E-state index in [9.17, 15) is 0 Å². The van der Waals surface area contributed by atoms with Gasteiger partial charge in [-0.2, -0.15) is 0 Å². The fraction of sp³-hybridized carbons (Fsp3) is 0. The second-order valence-electron chi connectivity index (χ2n) is 0. The third kappa shape index (κ3) is 754. The molecule has 0 amide bonds. The zero-order valence-corrected chi connectivity index (χ0v) is 29.0. The van der Waals surface area contributed by atoms with E-state index in [1.54, 1.807) is 0 Å². The Labute approximate surface area is 304 Å². The summed E-state index contributed by atoms with van der Waals surface area (Å²) in [5.74, 6) is 0. The zero-order chi connectivity index (χ0) is 0. The largest absolute Gasteiger partial charge is 3.00 e. The fourth-order valence-electron chi connectivity index (χ4n) is 0. The Balaban J connectivity index is 0. The molecule has 0 saturated heterocycles. The van der Waals surface area contributed by atoms with Crippen molar-refractivity contribution < 1.29 is 87.6 Å². The molecule has 0 heterocycles. The van der Waals surface area contributed by atoms with Gasteiger partial charge in [0.15, 0.2) is 0 Å². The predicted molar refractivity (Wildman–Crippen MR) is 74.3 cm³/mol. The molecule has 0 fully saturated rings. The van der Waals surface area contributed by atoms with Gasteiger partial charge >= 0.3 is 222 Å². The van der Waals surface area contributed by atoms with Crippen LogP contribution in [0.5, 0.6) is 0 Å². The Bertz CT molecular complexity index is 31.2.